The minimum atomic E-state index is -0.246. The van der Waals surface area contributed by atoms with Gasteiger partial charge in [0.25, 0.3) is 0 Å². The third-order valence-corrected chi connectivity index (χ3v) is 1.80. The van der Waals surface area contributed by atoms with Crippen LogP contribution in [0.2, 0.25) is 0 Å². The van der Waals surface area contributed by atoms with E-state index >= 15 is 0 Å². The lowest BCUT2D eigenvalue weighted by Crippen LogP contribution is -1.94. The van der Waals surface area contributed by atoms with E-state index in [0.29, 0.717) is 5.70 Å². The molecule has 0 fully saturated rings. The van der Waals surface area contributed by atoms with Crippen molar-refractivity contribution >= 4 is 0 Å². The molecule has 1 unspecified atom stereocenters. The molecule has 0 saturated carbocycles. The Balaban J connectivity index is 3.15. The van der Waals surface area contributed by atoms with E-state index < -0.39 is 0 Å². The van der Waals surface area contributed by atoms with Gasteiger partial charge in [0.15, 0.2) is 5.70 Å². The van der Waals surface area contributed by atoms with Crippen molar-refractivity contribution in [1.82, 2.24) is 0 Å². The van der Waals surface area contributed by atoms with Crippen molar-refractivity contribution in [3.8, 4) is 6.07 Å². The van der Waals surface area contributed by atoms with E-state index in [1.165, 1.54) is 0 Å². The van der Waals surface area contributed by atoms with Gasteiger partial charge in [-0.25, -0.2) is 4.85 Å². The third kappa shape index (κ3) is 1.44. The molecule has 0 aliphatic heterocycles. The fraction of sp³-hybridized carbons (Fsp3) is 0.200. The number of nitriles is 1. The second kappa shape index (κ2) is 3.55. The molecule has 0 saturated heterocycles. The van der Waals surface area contributed by atoms with Crippen molar-refractivity contribution in [1.29, 1.82) is 5.26 Å². The molecule has 2 heteroatoms. The summed E-state index contributed by atoms with van der Waals surface area (Å²) in [5, 5.41) is 8.73. The van der Waals surface area contributed by atoms with E-state index in [-0.39, 0.29) is 5.92 Å². The van der Waals surface area contributed by atoms with Crippen LogP contribution in [-0.2, 0) is 0 Å². The van der Waals surface area contributed by atoms with Crippen LogP contribution in [0.4, 0.5) is 0 Å². The Kier molecular flexibility index (Phi) is 2.46. The van der Waals surface area contributed by atoms with Gasteiger partial charge in [-0.1, -0.05) is 31.2 Å². The van der Waals surface area contributed by atoms with Gasteiger partial charge in [0, 0.05) is 0 Å². The predicted octanol–water partition coefficient (Wildman–Crippen LogP) is 2.45. The number of nitrogens with zero attached hydrogens (tertiary/aromatic N) is 2. The average Bonchev–Trinajstić information content (AvgIpc) is 2.27. The van der Waals surface area contributed by atoms with Crippen molar-refractivity contribution in [3.63, 3.8) is 0 Å². The Hall–Kier alpha value is -1.80. The quantitative estimate of drug-likeness (QED) is 0.495. The molecule has 0 bridgehead atoms. The zero-order valence-corrected chi connectivity index (χ0v) is 6.78. The normalized spacial score (nSPS) is 21.4. The van der Waals surface area contributed by atoms with E-state index in [0.717, 1.165) is 5.57 Å². The van der Waals surface area contributed by atoms with E-state index in [4.69, 9.17) is 11.8 Å². The Morgan fingerprint density at radius 2 is 2.33 bits per heavy atom. The van der Waals surface area contributed by atoms with Crippen LogP contribution in [0.15, 0.2) is 35.6 Å². The Morgan fingerprint density at radius 3 is 2.92 bits per heavy atom. The third-order valence-electron chi connectivity index (χ3n) is 1.80. The van der Waals surface area contributed by atoms with Crippen LogP contribution in [0, 0.1) is 23.8 Å². The van der Waals surface area contributed by atoms with Crippen molar-refractivity contribution < 1.29 is 0 Å². The second-order valence-corrected chi connectivity index (χ2v) is 2.53. The highest BCUT2D eigenvalue weighted by atomic mass is 14.7. The molecule has 0 spiro atoms. The summed E-state index contributed by atoms with van der Waals surface area (Å²) in [6.45, 7) is 8.69. The topological polar surface area (TPSA) is 28.1 Å². The SMILES string of the molecule is [C-]#[N+]C1=C(C)C(C#N)C=CC=C1. The molecule has 1 rings (SSSR count). The molecule has 1 aliphatic rings. The monoisotopic (exact) mass is 156 g/mol. The zero-order chi connectivity index (χ0) is 8.97. The predicted molar refractivity (Wildman–Crippen MR) is 46.7 cm³/mol. The van der Waals surface area contributed by atoms with E-state index in [9.17, 15) is 0 Å². The fourth-order valence-corrected chi connectivity index (χ4v) is 1.02. The first-order valence-electron chi connectivity index (χ1n) is 3.62. The molecule has 58 valence electrons. The first-order valence-corrected chi connectivity index (χ1v) is 3.62. The van der Waals surface area contributed by atoms with Crippen LogP contribution < -0.4 is 0 Å². The highest BCUT2D eigenvalue weighted by Gasteiger charge is 2.10. The molecule has 1 atom stereocenters. The molecular weight excluding hydrogens is 148 g/mol. The molecular formula is C10H8N2. The van der Waals surface area contributed by atoms with Crippen LogP contribution in [0.3, 0.4) is 0 Å². The van der Waals surface area contributed by atoms with Gasteiger partial charge in [0.05, 0.1) is 18.6 Å². The minimum Gasteiger partial charge on any atom is -0.238 e. The number of hydrogen-bond donors (Lipinski definition) is 0. The van der Waals surface area contributed by atoms with Gasteiger partial charge >= 0.3 is 0 Å². The van der Waals surface area contributed by atoms with Crippen LogP contribution in [0.1, 0.15) is 6.92 Å². The Morgan fingerprint density at radius 1 is 1.58 bits per heavy atom. The molecule has 1 aliphatic carbocycles. The smallest absolute Gasteiger partial charge is 0.187 e. The van der Waals surface area contributed by atoms with Crippen molar-refractivity contribution in [2.24, 2.45) is 5.92 Å². The molecule has 0 heterocycles. The fourth-order valence-electron chi connectivity index (χ4n) is 1.02. The summed E-state index contributed by atoms with van der Waals surface area (Å²) in [7, 11) is 0. The first kappa shape index (κ1) is 8.30. The molecule has 2 nitrogen and oxygen atoms in total. The van der Waals surface area contributed by atoms with E-state index in [2.05, 4.69) is 10.9 Å². The standard InChI is InChI=1S/C10H8N2/c1-8-9(7-11)5-3-4-6-10(8)12-2/h3-6,9H,1H3. The molecule has 0 aromatic carbocycles. The summed E-state index contributed by atoms with van der Waals surface area (Å²) < 4.78 is 0. The summed E-state index contributed by atoms with van der Waals surface area (Å²) in [5.41, 5.74) is 1.41. The maximum absolute atomic E-state index is 8.73. The van der Waals surface area contributed by atoms with Crippen molar-refractivity contribution in [3.05, 3.63) is 47.0 Å². The van der Waals surface area contributed by atoms with Crippen LogP contribution >= 0.6 is 0 Å². The van der Waals surface area contributed by atoms with Crippen molar-refractivity contribution in [2.75, 3.05) is 0 Å². The second-order valence-electron chi connectivity index (χ2n) is 2.53. The molecule has 0 aromatic heterocycles. The Bertz CT molecular complexity index is 345. The van der Waals surface area contributed by atoms with Crippen LogP contribution in [0.25, 0.3) is 4.85 Å². The maximum Gasteiger partial charge on any atom is 0.187 e. The number of rotatable bonds is 0. The lowest BCUT2D eigenvalue weighted by molar-refractivity contribution is 0.974. The lowest BCUT2D eigenvalue weighted by Gasteiger charge is -2.02. The van der Waals surface area contributed by atoms with Crippen LogP contribution in [-0.4, -0.2) is 0 Å². The zero-order valence-electron chi connectivity index (χ0n) is 6.78. The highest BCUT2D eigenvalue weighted by molar-refractivity contribution is 5.39. The Labute approximate surface area is 71.9 Å². The summed E-state index contributed by atoms with van der Waals surface area (Å²) in [6, 6.07) is 2.13. The maximum atomic E-state index is 8.73. The van der Waals surface area contributed by atoms with Gasteiger partial charge in [0.2, 0.25) is 0 Å². The summed E-state index contributed by atoms with van der Waals surface area (Å²) in [5.74, 6) is -0.246. The summed E-state index contributed by atoms with van der Waals surface area (Å²) in [6.07, 6.45) is 7.12. The van der Waals surface area contributed by atoms with E-state index in [1.54, 1.807) is 24.3 Å². The molecule has 12 heavy (non-hydrogen) atoms. The van der Waals surface area contributed by atoms with Crippen molar-refractivity contribution in [2.45, 2.75) is 6.92 Å². The van der Waals surface area contributed by atoms with Gasteiger partial charge in [-0.05, 0) is 5.57 Å². The van der Waals surface area contributed by atoms with Gasteiger partial charge < -0.3 is 0 Å². The largest absolute Gasteiger partial charge is 0.238 e. The van der Waals surface area contributed by atoms with Gasteiger partial charge in [-0.15, -0.1) is 0 Å². The van der Waals surface area contributed by atoms with Gasteiger partial charge in [0.1, 0.15) is 0 Å². The van der Waals surface area contributed by atoms with E-state index in [1.807, 2.05) is 6.92 Å². The number of hydrogen-bond acceptors (Lipinski definition) is 1. The average molecular weight is 156 g/mol. The van der Waals surface area contributed by atoms with Crippen LogP contribution in [0.5, 0.6) is 0 Å². The summed E-state index contributed by atoms with van der Waals surface area (Å²) >= 11 is 0. The summed E-state index contributed by atoms with van der Waals surface area (Å²) in [4.78, 5) is 3.34. The minimum absolute atomic E-state index is 0.246. The molecule has 0 amide bonds. The molecule has 0 N–H and O–H groups in total. The van der Waals surface area contributed by atoms with Gasteiger partial charge in [-0.2, -0.15) is 5.26 Å². The highest BCUT2D eigenvalue weighted by Crippen LogP contribution is 2.20. The van der Waals surface area contributed by atoms with Gasteiger partial charge in [-0.3, -0.25) is 0 Å². The molecule has 0 radical (unpaired) electrons. The first-order chi connectivity index (χ1) is 5.79. The molecule has 0 aromatic rings. The lowest BCUT2D eigenvalue weighted by atomic mass is 10.0. The number of allylic oxidation sites excluding steroid dienone is 5.